The van der Waals surface area contributed by atoms with Gasteiger partial charge in [-0.3, -0.25) is 9.59 Å². The van der Waals surface area contributed by atoms with E-state index in [1.165, 1.54) is 0 Å². The molecule has 0 spiro atoms. The number of carbonyl (C=O) groups excluding carboxylic acids is 1. The third-order valence-corrected chi connectivity index (χ3v) is 5.41. The first-order valence-corrected chi connectivity index (χ1v) is 9.46. The molecule has 5 heteroatoms. The van der Waals surface area contributed by atoms with Crippen LogP contribution < -0.4 is 5.73 Å². The minimum Gasteiger partial charge on any atom is -0.481 e. The Balaban J connectivity index is 1.53. The van der Waals surface area contributed by atoms with Gasteiger partial charge in [0.2, 0.25) is 0 Å². The number of benzene rings is 3. The number of hydrogen-bond acceptors (Lipinski definition) is 4. The van der Waals surface area contributed by atoms with Crippen LogP contribution in [0.25, 0.3) is 11.1 Å². The highest BCUT2D eigenvalue weighted by molar-refractivity contribution is 5.87. The molecule has 4 rings (SSSR count). The number of carboxylic acid groups (broad SMARTS) is 1. The number of hydrogen-bond donors (Lipinski definition) is 2. The maximum absolute atomic E-state index is 12.6. The van der Waals surface area contributed by atoms with Crippen molar-refractivity contribution in [3.63, 3.8) is 0 Å². The van der Waals surface area contributed by atoms with Crippen molar-refractivity contribution in [3.8, 4) is 11.1 Å². The van der Waals surface area contributed by atoms with Crippen LogP contribution in [0.15, 0.2) is 78.9 Å². The van der Waals surface area contributed by atoms with Crippen LogP contribution in [0.5, 0.6) is 0 Å². The van der Waals surface area contributed by atoms with Crippen LogP contribution in [0.3, 0.4) is 0 Å². The monoisotopic (exact) mass is 387 g/mol. The van der Waals surface area contributed by atoms with E-state index in [9.17, 15) is 14.7 Å². The van der Waals surface area contributed by atoms with Crippen LogP contribution in [0.1, 0.15) is 28.5 Å². The zero-order valence-corrected chi connectivity index (χ0v) is 15.7. The van der Waals surface area contributed by atoms with Crippen LogP contribution >= 0.6 is 0 Å². The van der Waals surface area contributed by atoms with E-state index >= 15 is 0 Å². The third-order valence-electron chi connectivity index (χ3n) is 5.41. The highest BCUT2D eigenvalue weighted by Gasteiger charge is 2.35. The predicted octanol–water partition coefficient (Wildman–Crippen LogP) is 3.54. The first kappa shape index (κ1) is 18.9. The molecule has 0 bridgehead atoms. The summed E-state index contributed by atoms with van der Waals surface area (Å²) in [4.78, 5) is 24.4. The van der Waals surface area contributed by atoms with E-state index in [1.807, 2.05) is 36.4 Å². The maximum atomic E-state index is 12.6. The largest absolute Gasteiger partial charge is 0.481 e. The van der Waals surface area contributed by atoms with Crippen molar-refractivity contribution in [2.45, 2.75) is 17.9 Å². The highest BCUT2D eigenvalue weighted by Crippen LogP contribution is 2.44. The predicted molar refractivity (Wildman–Crippen MR) is 109 cm³/mol. The third kappa shape index (κ3) is 3.52. The number of ether oxygens (including phenoxy) is 1. The molecule has 0 saturated carbocycles. The molecule has 5 nitrogen and oxygen atoms in total. The molecule has 0 aromatic heterocycles. The fraction of sp³-hybridized carbons (Fsp3) is 0.167. The second-order valence-electron chi connectivity index (χ2n) is 7.11. The second-order valence-corrected chi connectivity index (χ2v) is 7.11. The standard InChI is InChI=1S/C24H21NO4/c25-22(21(23(26)27)15-8-2-1-3-9-15)24(28)29-14-20-18-12-6-4-10-16(18)17-11-5-7-13-19(17)20/h1-13,20-22H,14,25H2,(H,26,27)/t21-,22+/m0/s1. The molecule has 0 saturated heterocycles. The lowest BCUT2D eigenvalue weighted by atomic mass is 9.92. The van der Waals surface area contributed by atoms with Gasteiger partial charge in [0.1, 0.15) is 18.6 Å². The van der Waals surface area contributed by atoms with Crippen molar-refractivity contribution in [2.24, 2.45) is 5.73 Å². The number of fused-ring (bicyclic) bond motifs is 3. The van der Waals surface area contributed by atoms with Crippen molar-refractivity contribution in [1.82, 2.24) is 0 Å². The van der Waals surface area contributed by atoms with Gasteiger partial charge in [-0.15, -0.1) is 0 Å². The zero-order valence-electron chi connectivity index (χ0n) is 15.7. The Labute approximate surface area is 168 Å². The summed E-state index contributed by atoms with van der Waals surface area (Å²) in [5, 5.41) is 9.60. The van der Waals surface area contributed by atoms with Gasteiger partial charge in [0.05, 0.1) is 0 Å². The molecule has 0 radical (unpaired) electrons. The maximum Gasteiger partial charge on any atom is 0.324 e. The Bertz CT molecular complexity index is 1000. The SMILES string of the molecule is N[C@@H](C(=O)OCC1c2ccccc2-c2ccccc21)[C@@H](C(=O)O)c1ccccc1. The Morgan fingerprint density at radius 3 is 1.93 bits per heavy atom. The number of esters is 1. The fourth-order valence-corrected chi connectivity index (χ4v) is 4.00. The fourth-order valence-electron chi connectivity index (χ4n) is 4.00. The van der Waals surface area contributed by atoms with Crippen LogP contribution in [0.2, 0.25) is 0 Å². The molecule has 2 atom stereocenters. The Hall–Kier alpha value is -3.44. The van der Waals surface area contributed by atoms with Gasteiger partial charge in [-0.25, -0.2) is 0 Å². The van der Waals surface area contributed by atoms with E-state index < -0.39 is 23.9 Å². The molecular formula is C24H21NO4. The van der Waals surface area contributed by atoms with E-state index in [2.05, 4.69) is 12.1 Å². The van der Waals surface area contributed by atoms with Gasteiger partial charge in [0, 0.05) is 5.92 Å². The molecule has 146 valence electrons. The quantitative estimate of drug-likeness (QED) is 0.632. The summed E-state index contributed by atoms with van der Waals surface area (Å²) in [5.41, 5.74) is 10.9. The highest BCUT2D eigenvalue weighted by atomic mass is 16.5. The van der Waals surface area contributed by atoms with Gasteiger partial charge in [-0.2, -0.15) is 0 Å². The molecular weight excluding hydrogens is 366 g/mol. The average molecular weight is 387 g/mol. The van der Waals surface area contributed by atoms with E-state index in [0.29, 0.717) is 5.56 Å². The molecule has 29 heavy (non-hydrogen) atoms. The lowest BCUT2D eigenvalue weighted by Crippen LogP contribution is -2.42. The van der Waals surface area contributed by atoms with Crippen molar-refractivity contribution in [1.29, 1.82) is 0 Å². The molecule has 0 fully saturated rings. The summed E-state index contributed by atoms with van der Waals surface area (Å²) in [6.45, 7) is 0.113. The molecule has 0 aliphatic heterocycles. The van der Waals surface area contributed by atoms with Crippen LogP contribution in [0.4, 0.5) is 0 Å². The smallest absolute Gasteiger partial charge is 0.324 e. The van der Waals surface area contributed by atoms with Gasteiger partial charge in [0.15, 0.2) is 0 Å². The van der Waals surface area contributed by atoms with Gasteiger partial charge < -0.3 is 15.6 Å². The number of aliphatic carboxylic acids is 1. The van der Waals surface area contributed by atoms with E-state index in [4.69, 9.17) is 10.5 Å². The summed E-state index contributed by atoms with van der Waals surface area (Å²) >= 11 is 0. The van der Waals surface area contributed by atoms with Crippen molar-refractivity contribution < 1.29 is 19.4 Å². The Kier molecular flexibility index (Phi) is 5.14. The number of carbonyl (C=O) groups is 2. The summed E-state index contributed by atoms with van der Waals surface area (Å²) in [6, 6.07) is 23.3. The van der Waals surface area contributed by atoms with Gasteiger partial charge in [0.25, 0.3) is 0 Å². The average Bonchev–Trinajstić information content (AvgIpc) is 3.06. The zero-order chi connectivity index (χ0) is 20.4. The van der Waals surface area contributed by atoms with Crippen molar-refractivity contribution in [3.05, 3.63) is 95.6 Å². The molecule has 3 aromatic carbocycles. The number of nitrogens with two attached hydrogens (primary N) is 1. The first-order chi connectivity index (χ1) is 14.1. The summed E-state index contributed by atoms with van der Waals surface area (Å²) in [6.07, 6.45) is 0. The van der Waals surface area contributed by atoms with Gasteiger partial charge in [-0.05, 0) is 27.8 Å². The lowest BCUT2D eigenvalue weighted by molar-refractivity contribution is -0.151. The van der Waals surface area contributed by atoms with Crippen molar-refractivity contribution >= 4 is 11.9 Å². The van der Waals surface area contributed by atoms with E-state index in [1.54, 1.807) is 30.3 Å². The summed E-state index contributed by atoms with van der Waals surface area (Å²) < 4.78 is 5.53. The van der Waals surface area contributed by atoms with E-state index in [-0.39, 0.29) is 12.5 Å². The van der Waals surface area contributed by atoms with E-state index in [0.717, 1.165) is 22.3 Å². The number of carboxylic acids is 1. The van der Waals surface area contributed by atoms with Gasteiger partial charge >= 0.3 is 11.9 Å². The molecule has 0 heterocycles. The summed E-state index contributed by atoms with van der Waals surface area (Å²) in [7, 11) is 0. The lowest BCUT2D eigenvalue weighted by Gasteiger charge is -2.21. The van der Waals surface area contributed by atoms with Gasteiger partial charge in [-0.1, -0.05) is 78.9 Å². The van der Waals surface area contributed by atoms with Crippen molar-refractivity contribution in [2.75, 3.05) is 6.61 Å². The second kappa shape index (κ2) is 7.89. The molecule has 3 aromatic rings. The first-order valence-electron chi connectivity index (χ1n) is 9.46. The normalized spacial score (nSPS) is 14.5. The van der Waals surface area contributed by atoms with Crippen LogP contribution in [0, 0.1) is 0 Å². The molecule has 3 N–H and O–H groups in total. The molecule has 0 amide bonds. The molecule has 0 unspecified atom stereocenters. The summed E-state index contributed by atoms with van der Waals surface area (Å²) in [5.74, 6) is -3.13. The Morgan fingerprint density at radius 2 is 1.38 bits per heavy atom. The molecule has 1 aliphatic carbocycles. The van der Waals surface area contributed by atoms with Crippen LogP contribution in [-0.2, 0) is 14.3 Å². The topological polar surface area (TPSA) is 89.6 Å². The minimum absolute atomic E-state index is 0.0986. The Morgan fingerprint density at radius 1 is 0.862 bits per heavy atom. The van der Waals surface area contributed by atoms with Crippen LogP contribution in [-0.4, -0.2) is 29.7 Å². The number of rotatable bonds is 6. The minimum atomic E-state index is -1.29. The molecule has 1 aliphatic rings.